The quantitative estimate of drug-likeness (QED) is 0.718. The molecule has 3 nitrogen and oxygen atoms in total. The van der Waals surface area contributed by atoms with E-state index in [1.807, 2.05) is 19.1 Å². The van der Waals surface area contributed by atoms with Gasteiger partial charge in [0.2, 0.25) is 0 Å². The number of nitrogens with one attached hydrogen (secondary N) is 1. The summed E-state index contributed by atoms with van der Waals surface area (Å²) >= 11 is 6.00. The monoisotopic (exact) mass is 257 g/mol. The second kappa shape index (κ2) is 4.10. The van der Waals surface area contributed by atoms with Gasteiger partial charge in [0.1, 0.15) is 16.6 Å². The number of aromatic amines is 1. The average molecular weight is 258 g/mol. The highest BCUT2D eigenvalue weighted by molar-refractivity contribution is 6.30. The van der Waals surface area contributed by atoms with Gasteiger partial charge in [0.05, 0.1) is 5.69 Å². The van der Waals surface area contributed by atoms with Gasteiger partial charge < -0.3 is 4.98 Å². The highest BCUT2D eigenvalue weighted by Gasteiger charge is 2.10. The molecule has 0 aliphatic heterocycles. The van der Waals surface area contributed by atoms with Crippen molar-refractivity contribution in [2.24, 2.45) is 0 Å². The van der Waals surface area contributed by atoms with Gasteiger partial charge in [-0.25, -0.2) is 9.97 Å². The Hall–Kier alpha value is -1.87. The van der Waals surface area contributed by atoms with Crippen LogP contribution in [0.3, 0.4) is 0 Å². The van der Waals surface area contributed by atoms with E-state index >= 15 is 0 Å². The van der Waals surface area contributed by atoms with Gasteiger partial charge in [0.15, 0.2) is 0 Å². The molecule has 0 radical (unpaired) electrons. The number of aryl methyl sites for hydroxylation is 2. The summed E-state index contributed by atoms with van der Waals surface area (Å²) in [5.41, 5.74) is 3.99. The summed E-state index contributed by atoms with van der Waals surface area (Å²) in [6.07, 6.45) is 0. The molecule has 0 aliphatic rings. The molecular formula is C14H12ClN3. The smallest absolute Gasteiger partial charge is 0.142 e. The van der Waals surface area contributed by atoms with Crippen LogP contribution in [0.15, 0.2) is 30.3 Å². The first-order valence-corrected chi connectivity index (χ1v) is 6.11. The topological polar surface area (TPSA) is 41.6 Å². The summed E-state index contributed by atoms with van der Waals surface area (Å²) in [7, 11) is 0. The van der Waals surface area contributed by atoms with E-state index in [2.05, 4.69) is 40.1 Å². The Morgan fingerprint density at radius 3 is 2.72 bits per heavy atom. The van der Waals surface area contributed by atoms with Gasteiger partial charge in [0, 0.05) is 10.9 Å². The van der Waals surface area contributed by atoms with E-state index in [0.29, 0.717) is 5.15 Å². The summed E-state index contributed by atoms with van der Waals surface area (Å²) in [6, 6.07) is 10.1. The van der Waals surface area contributed by atoms with Gasteiger partial charge in [-0.2, -0.15) is 0 Å². The second-order valence-electron chi connectivity index (χ2n) is 4.37. The van der Waals surface area contributed by atoms with Crippen molar-refractivity contribution >= 4 is 22.6 Å². The third-order valence-corrected chi connectivity index (χ3v) is 3.06. The van der Waals surface area contributed by atoms with Crippen molar-refractivity contribution in [1.82, 2.24) is 15.0 Å². The predicted molar refractivity (Wildman–Crippen MR) is 73.8 cm³/mol. The van der Waals surface area contributed by atoms with Gasteiger partial charge >= 0.3 is 0 Å². The van der Waals surface area contributed by atoms with Crippen LogP contribution in [0, 0.1) is 13.8 Å². The van der Waals surface area contributed by atoms with Crippen LogP contribution in [0.1, 0.15) is 11.4 Å². The highest BCUT2D eigenvalue weighted by Crippen LogP contribution is 2.28. The van der Waals surface area contributed by atoms with Crippen molar-refractivity contribution < 1.29 is 0 Å². The molecule has 0 amide bonds. The van der Waals surface area contributed by atoms with Gasteiger partial charge in [-0.3, -0.25) is 0 Å². The summed E-state index contributed by atoms with van der Waals surface area (Å²) < 4.78 is 0. The Labute approximate surface area is 110 Å². The Bertz CT molecular complexity index is 731. The fraction of sp³-hybridized carbons (Fsp3) is 0.143. The minimum Gasteiger partial charge on any atom is -0.330 e. The SMILES string of the molecule is Cc1cccc(-c2nc(C)nc3[nH]c(Cl)cc23)c1. The maximum absolute atomic E-state index is 6.00. The van der Waals surface area contributed by atoms with E-state index in [1.54, 1.807) is 0 Å². The second-order valence-corrected chi connectivity index (χ2v) is 4.78. The zero-order valence-corrected chi connectivity index (χ0v) is 10.9. The molecule has 1 N–H and O–H groups in total. The molecule has 0 bridgehead atoms. The largest absolute Gasteiger partial charge is 0.330 e. The lowest BCUT2D eigenvalue weighted by Crippen LogP contribution is -1.93. The number of hydrogen-bond acceptors (Lipinski definition) is 2. The highest BCUT2D eigenvalue weighted by atomic mass is 35.5. The fourth-order valence-electron chi connectivity index (χ4n) is 2.10. The third-order valence-electron chi connectivity index (χ3n) is 2.86. The van der Waals surface area contributed by atoms with Crippen LogP contribution in [0.25, 0.3) is 22.3 Å². The number of benzene rings is 1. The molecule has 90 valence electrons. The minimum atomic E-state index is 0.582. The van der Waals surface area contributed by atoms with E-state index in [-0.39, 0.29) is 0 Å². The number of hydrogen-bond donors (Lipinski definition) is 1. The molecule has 0 saturated heterocycles. The molecule has 2 aromatic heterocycles. The molecular weight excluding hydrogens is 246 g/mol. The van der Waals surface area contributed by atoms with Gasteiger partial charge in [-0.05, 0) is 26.0 Å². The van der Waals surface area contributed by atoms with Gasteiger partial charge in [-0.15, -0.1) is 0 Å². The number of halogens is 1. The zero-order valence-electron chi connectivity index (χ0n) is 10.2. The number of nitrogens with zero attached hydrogens (tertiary/aromatic N) is 2. The molecule has 4 heteroatoms. The average Bonchev–Trinajstić information content (AvgIpc) is 2.68. The first-order chi connectivity index (χ1) is 8.63. The van der Waals surface area contributed by atoms with Crippen LogP contribution in [-0.2, 0) is 0 Å². The van der Waals surface area contributed by atoms with E-state index in [1.165, 1.54) is 5.56 Å². The van der Waals surface area contributed by atoms with Crippen molar-refractivity contribution in [2.75, 3.05) is 0 Å². The predicted octanol–water partition coefficient (Wildman–Crippen LogP) is 3.90. The van der Waals surface area contributed by atoms with E-state index in [9.17, 15) is 0 Å². The van der Waals surface area contributed by atoms with E-state index in [4.69, 9.17) is 11.6 Å². The summed E-state index contributed by atoms with van der Waals surface area (Å²) in [6.45, 7) is 3.95. The van der Waals surface area contributed by atoms with Crippen LogP contribution in [0.5, 0.6) is 0 Å². The maximum Gasteiger partial charge on any atom is 0.142 e. The number of aromatic nitrogens is 3. The van der Waals surface area contributed by atoms with Crippen molar-refractivity contribution in [3.8, 4) is 11.3 Å². The molecule has 3 rings (SSSR count). The molecule has 0 atom stereocenters. The number of fused-ring (bicyclic) bond motifs is 1. The summed E-state index contributed by atoms with van der Waals surface area (Å²) in [5, 5.41) is 1.54. The van der Waals surface area contributed by atoms with E-state index < -0.39 is 0 Å². The minimum absolute atomic E-state index is 0.582. The van der Waals surface area contributed by atoms with Gasteiger partial charge in [-0.1, -0.05) is 35.4 Å². The normalized spacial score (nSPS) is 11.1. The lowest BCUT2D eigenvalue weighted by Gasteiger charge is -2.04. The van der Waals surface area contributed by atoms with Crippen molar-refractivity contribution in [3.63, 3.8) is 0 Å². The Morgan fingerprint density at radius 2 is 1.94 bits per heavy atom. The summed E-state index contributed by atoms with van der Waals surface area (Å²) in [4.78, 5) is 11.9. The molecule has 0 unspecified atom stereocenters. The Morgan fingerprint density at radius 1 is 1.11 bits per heavy atom. The van der Waals surface area contributed by atoms with Crippen LogP contribution >= 0.6 is 11.6 Å². The standard InChI is InChI=1S/C14H12ClN3/c1-8-4-3-5-10(6-8)13-11-7-12(15)18-14(11)17-9(2)16-13/h3-7H,1-2H3,(H,16,17,18). The van der Waals surface area contributed by atoms with E-state index in [0.717, 1.165) is 28.1 Å². The zero-order chi connectivity index (χ0) is 12.7. The fourth-order valence-corrected chi connectivity index (χ4v) is 2.30. The lowest BCUT2D eigenvalue weighted by atomic mass is 10.1. The summed E-state index contributed by atoms with van der Waals surface area (Å²) in [5.74, 6) is 0.734. The van der Waals surface area contributed by atoms with Crippen molar-refractivity contribution in [2.45, 2.75) is 13.8 Å². The lowest BCUT2D eigenvalue weighted by molar-refractivity contribution is 1.08. The Kier molecular flexibility index (Phi) is 2.56. The molecule has 18 heavy (non-hydrogen) atoms. The van der Waals surface area contributed by atoms with Crippen LogP contribution in [-0.4, -0.2) is 15.0 Å². The van der Waals surface area contributed by atoms with Crippen LogP contribution in [0.4, 0.5) is 0 Å². The Balaban J connectivity index is 2.34. The van der Waals surface area contributed by atoms with Crippen molar-refractivity contribution in [3.05, 3.63) is 46.9 Å². The number of H-pyrrole nitrogens is 1. The molecule has 0 spiro atoms. The molecule has 0 saturated carbocycles. The first-order valence-electron chi connectivity index (χ1n) is 5.73. The van der Waals surface area contributed by atoms with Gasteiger partial charge in [0.25, 0.3) is 0 Å². The van der Waals surface area contributed by atoms with Crippen LogP contribution < -0.4 is 0 Å². The molecule has 0 aliphatic carbocycles. The third kappa shape index (κ3) is 1.87. The maximum atomic E-state index is 6.00. The van der Waals surface area contributed by atoms with Crippen molar-refractivity contribution in [1.29, 1.82) is 0 Å². The molecule has 3 aromatic rings. The molecule has 1 aromatic carbocycles. The van der Waals surface area contributed by atoms with Crippen LogP contribution in [0.2, 0.25) is 5.15 Å². The number of rotatable bonds is 1. The molecule has 0 fully saturated rings. The first kappa shape index (κ1) is 11.2. The molecule has 2 heterocycles.